The number of aryl methyl sites for hydroxylation is 1. The molecule has 0 heterocycles. The summed E-state index contributed by atoms with van der Waals surface area (Å²) in [7, 11) is 0. The van der Waals surface area contributed by atoms with Crippen molar-refractivity contribution in [3.05, 3.63) is 71.0 Å². The smallest absolute Gasteiger partial charge is 0.130 e. The van der Waals surface area contributed by atoms with Gasteiger partial charge in [0.1, 0.15) is 12.1 Å². The van der Waals surface area contributed by atoms with Crippen LogP contribution in [0.15, 0.2) is 48.5 Å². The van der Waals surface area contributed by atoms with E-state index in [9.17, 15) is 9.18 Å². The molecule has 0 aliphatic heterocycles. The van der Waals surface area contributed by atoms with E-state index in [0.29, 0.717) is 12.0 Å². The van der Waals surface area contributed by atoms with Gasteiger partial charge in [0.05, 0.1) is 5.41 Å². The Morgan fingerprint density at radius 2 is 1.84 bits per heavy atom. The maximum atomic E-state index is 13.3. The molecule has 0 N–H and O–H groups in total. The molecule has 0 fully saturated rings. The lowest BCUT2D eigenvalue weighted by molar-refractivity contribution is -0.112. The Labute approximate surface area is 113 Å². The van der Waals surface area contributed by atoms with Crippen molar-refractivity contribution in [1.29, 1.82) is 0 Å². The molecule has 0 aromatic heterocycles. The Bertz CT molecular complexity index is 574. The van der Waals surface area contributed by atoms with Crippen LogP contribution in [0.25, 0.3) is 0 Å². The average molecular weight is 256 g/mol. The Morgan fingerprint density at radius 1 is 1.16 bits per heavy atom. The molecule has 0 saturated carbocycles. The van der Waals surface area contributed by atoms with Crippen molar-refractivity contribution in [3.63, 3.8) is 0 Å². The molecule has 1 unspecified atom stereocenters. The van der Waals surface area contributed by atoms with Crippen molar-refractivity contribution < 1.29 is 9.18 Å². The highest BCUT2D eigenvalue weighted by Crippen LogP contribution is 2.26. The van der Waals surface area contributed by atoms with Crippen molar-refractivity contribution in [2.45, 2.75) is 25.7 Å². The summed E-state index contributed by atoms with van der Waals surface area (Å²) in [5, 5.41) is 0. The molecule has 2 rings (SSSR count). The summed E-state index contributed by atoms with van der Waals surface area (Å²) >= 11 is 0. The van der Waals surface area contributed by atoms with Gasteiger partial charge in [-0.25, -0.2) is 4.39 Å². The number of hydrogen-bond donors (Lipinski definition) is 0. The number of carbonyl (C=O) groups excluding carboxylic acids is 1. The molecule has 1 nitrogen and oxygen atoms in total. The predicted octanol–water partition coefficient (Wildman–Crippen LogP) is 3.83. The van der Waals surface area contributed by atoms with E-state index in [1.54, 1.807) is 12.1 Å². The van der Waals surface area contributed by atoms with Crippen LogP contribution in [0.2, 0.25) is 0 Å². The van der Waals surface area contributed by atoms with Gasteiger partial charge in [-0.05, 0) is 43.5 Å². The van der Waals surface area contributed by atoms with Gasteiger partial charge in [0, 0.05) is 0 Å². The third-order valence-corrected chi connectivity index (χ3v) is 3.44. The molecular formula is C17H17FO. The van der Waals surface area contributed by atoms with Crippen molar-refractivity contribution in [3.8, 4) is 0 Å². The topological polar surface area (TPSA) is 17.1 Å². The molecule has 0 aliphatic carbocycles. The normalized spacial score (nSPS) is 13.8. The zero-order chi connectivity index (χ0) is 13.9. The lowest BCUT2D eigenvalue weighted by atomic mass is 9.78. The van der Waals surface area contributed by atoms with Gasteiger partial charge in [-0.2, -0.15) is 0 Å². The number of rotatable bonds is 4. The van der Waals surface area contributed by atoms with Gasteiger partial charge in [0.15, 0.2) is 0 Å². The van der Waals surface area contributed by atoms with Crippen LogP contribution >= 0.6 is 0 Å². The quantitative estimate of drug-likeness (QED) is 0.760. The van der Waals surface area contributed by atoms with Crippen LogP contribution in [0.1, 0.15) is 23.6 Å². The summed E-state index contributed by atoms with van der Waals surface area (Å²) in [5.74, 6) is -0.311. The Morgan fingerprint density at radius 3 is 2.42 bits per heavy atom. The van der Waals surface area contributed by atoms with Gasteiger partial charge in [-0.1, -0.05) is 42.0 Å². The lowest BCUT2D eigenvalue weighted by Gasteiger charge is -2.24. The SMILES string of the molecule is Cc1ccc(CC(C)(C=O)c2cccc(F)c2)cc1. The molecule has 2 aromatic carbocycles. The van der Waals surface area contributed by atoms with Gasteiger partial charge in [0.2, 0.25) is 0 Å². The summed E-state index contributed by atoms with van der Waals surface area (Å²) in [6.07, 6.45) is 1.47. The van der Waals surface area contributed by atoms with Crippen molar-refractivity contribution >= 4 is 6.29 Å². The first-order valence-electron chi connectivity index (χ1n) is 6.31. The van der Waals surface area contributed by atoms with Crippen LogP contribution in [0.5, 0.6) is 0 Å². The highest BCUT2D eigenvalue weighted by molar-refractivity contribution is 5.68. The summed E-state index contributed by atoms with van der Waals surface area (Å²) in [6, 6.07) is 14.3. The molecule has 2 aromatic rings. The Balaban J connectivity index is 2.32. The lowest BCUT2D eigenvalue weighted by Crippen LogP contribution is -2.27. The van der Waals surface area contributed by atoms with E-state index >= 15 is 0 Å². The van der Waals surface area contributed by atoms with E-state index in [4.69, 9.17) is 0 Å². The maximum absolute atomic E-state index is 13.3. The van der Waals surface area contributed by atoms with Gasteiger partial charge in [-0.15, -0.1) is 0 Å². The third-order valence-electron chi connectivity index (χ3n) is 3.44. The van der Waals surface area contributed by atoms with Crippen LogP contribution in [0.3, 0.4) is 0 Å². The van der Waals surface area contributed by atoms with Crippen LogP contribution in [-0.4, -0.2) is 6.29 Å². The second-order valence-corrected chi connectivity index (χ2v) is 5.21. The first-order chi connectivity index (χ1) is 9.03. The average Bonchev–Trinajstić information content (AvgIpc) is 2.41. The highest BCUT2D eigenvalue weighted by atomic mass is 19.1. The number of aldehydes is 1. The Kier molecular flexibility index (Phi) is 3.79. The Hall–Kier alpha value is -1.96. The fourth-order valence-corrected chi connectivity index (χ4v) is 2.19. The minimum Gasteiger partial charge on any atom is -0.302 e. The molecule has 2 heteroatoms. The summed E-state index contributed by atoms with van der Waals surface area (Å²) in [4.78, 5) is 11.5. The third kappa shape index (κ3) is 3.08. The summed E-state index contributed by atoms with van der Waals surface area (Å²) in [5.41, 5.74) is 2.27. The number of benzene rings is 2. The fourth-order valence-electron chi connectivity index (χ4n) is 2.19. The molecule has 0 bridgehead atoms. The first-order valence-corrected chi connectivity index (χ1v) is 6.31. The maximum Gasteiger partial charge on any atom is 0.130 e. The van der Waals surface area contributed by atoms with Crippen LogP contribution in [-0.2, 0) is 16.6 Å². The highest BCUT2D eigenvalue weighted by Gasteiger charge is 2.26. The molecule has 98 valence electrons. The second-order valence-electron chi connectivity index (χ2n) is 5.21. The number of halogens is 1. The number of hydrogen-bond acceptors (Lipinski definition) is 1. The second kappa shape index (κ2) is 5.35. The standard InChI is InChI=1S/C17H17FO/c1-13-6-8-14(9-7-13)11-17(2,12-19)15-4-3-5-16(18)10-15/h3-10,12H,11H2,1-2H3. The minimum absolute atomic E-state index is 0.311. The van der Waals surface area contributed by atoms with E-state index in [0.717, 1.165) is 11.8 Å². The van der Waals surface area contributed by atoms with Crippen LogP contribution in [0, 0.1) is 12.7 Å². The fraction of sp³-hybridized carbons (Fsp3) is 0.235. The molecular weight excluding hydrogens is 239 g/mol. The molecule has 19 heavy (non-hydrogen) atoms. The zero-order valence-electron chi connectivity index (χ0n) is 11.2. The van der Waals surface area contributed by atoms with Crippen molar-refractivity contribution in [2.75, 3.05) is 0 Å². The first kappa shape index (κ1) is 13.5. The van der Waals surface area contributed by atoms with E-state index in [1.807, 2.05) is 38.1 Å². The zero-order valence-corrected chi connectivity index (χ0v) is 11.2. The van der Waals surface area contributed by atoms with E-state index in [2.05, 4.69) is 0 Å². The molecule has 0 saturated heterocycles. The van der Waals surface area contributed by atoms with Crippen LogP contribution in [0.4, 0.5) is 4.39 Å². The van der Waals surface area contributed by atoms with E-state index < -0.39 is 5.41 Å². The number of carbonyl (C=O) groups is 1. The van der Waals surface area contributed by atoms with Gasteiger partial charge >= 0.3 is 0 Å². The molecule has 0 spiro atoms. The van der Waals surface area contributed by atoms with Gasteiger partial charge < -0.3 is 4.79 Å². The van der Waals surface area contributed by atoms with Gasteiger partial charge in [-0.3, -0.25) is 0 Å². The van der Waals surface area contributed by atoms with Gasteiger partial charge in [0.25, 0.3) is 0 Å². The monoisotopic (exact) mass is 256 g/mol. The molecule has 0 amide bonds. The predicted molar refractivity (Wildman–Crippen MR) is 74.7 cm³/mol. The molecule has 0 radical (unpaired) electrons. The van der Waals surface area contributed by atoms with Crippen molar-refractivity contribution in [1.82, 2.24) is 0 Å². The summed E-state index contributed by atoms with van der Waals surface area (Å²) in [6.45, 7) is 3.86. The van der Waals surface area contributed by atoms with E-state index in [-0.39, 0.29) is 5.82 Å². The summed E-state index contributed by atoms with van der Waals surface area (Å²) < 4.78 is 13.3. The minimum atomic E-state index is -0.697. The molecule has 0 aliphatic rings. The van der Waals surface area contributed by atoms with Crippen molar-refractivity contribution in [2.24, 2.45) is 0 Å². The van der Waals surface area contributed by atoms with E-state index in [1.165, 1.54) is 17.7 Å². The molecule has 1 atom stereocenters. The largest absolute Gasteiger partial charge is 0.302 e. The van der Waals surface area contributed by atoms with Crippen LogP contribution < -0.4 is 0 Å².